The van der Waals surface area contributed by atoms with Crippen LogP contribution in [0.25, 0.3) is 0 Å². The van der Waals surface area contributed by atoms with E-state index in [0.29, 0.717) is 5.56 Å². The molecule has 0 aliphatic heterocycles. The zero-order chi connectivity index (χ0) is 15.2. The fourth-order valence-electron chi connectivity index (χ4n) is 2.10. The van der Waals surface area contributed by atoms with Gasteiger partial charge in [0.25, 0.3) is 0 Å². The summed E-state index contributed by atoms with van der Waals surface area (Å²) in [6.07, 6.45) is 1.82. The van der Waals surface area contributed by atoms with E-state index >= 15 is 0 Å². The quantitative estimate of drug-likeness (QED) is 0.912. The molecule has 0 radical (unpaired) electrons. The van der Waals surface area contributed by atoms with Gasteiger partial charge in [-0.05, 0) is 18.6 Å². The van der Waals surface area contributed by atoms with Crippen LogP contribution in [0.1, 0.15) is 24.7 Å². The number of aromatic nitrogens is 2. The predicted molar refractivity (Wildman–Crippen MR) is 84.8 cm³/mol. The summed E-state index contributed by atoms with van der Waals surface area (Å²) in [5.74, 6) is 2.37. The third-order valence-electron chi connectivity index (χ3n) is 3.22. The van der Waals surface area contributed by atoms with Gasteiger partial charge in [0, 0.05) is 26.6 Å². The maximum atomic E-state index is 9.23. The van der Waals surface area contributed by atoms with Gasteiger partial charge < -0.3 is 10.2 Å². The molecule has 0 unspecified atom stereocenters. The minimum absolute atomic E-state index is 0.627. The molecule has 5 nitrogen and oxygen atoms in total. The lowest BCUT2D eigenvalue weighted by Gasteiger charge is -2.20. The molecule has 0 spiro atoms. The largest absolute Gasteiger partial charge is 0.373 e. The van der Waals surface area contributed by atoms with E-state index in [0.717, 1.165) is 36.0 Å². The summed E-state index contributed by atoms with van der Waals surface area (Å²) in [5.41, 5.74) is 1.46. The molecule has 0 aliphatic carbocycles. The van der Waals surface area contributed by atoms with E-state index in [4.69, 9.17) is 0 Å². The Labute approximate surface area is 125 Å². The molecule has 21 heavy (non-hydrogen) atoms. The zero-order valence-electron chi connectivity index (χ0n) is 12.6. The fourth-order valence-corrected chi connectivity index (χ4v) is 2.10. The molecule has 0 aliphatic rings. The molecule has 5 heteroatoms. The lowest BCUT2D eigenvalue weighted by atomic mass is 10.2. The number of anilines is 3. The van der Waals surface area contributed by atoms with Gasteiger partial charge in [0.15, 0.2) is 0 Å². The van der Waals surface area contributed by atoms with Crippen LogP contribution in [0.2, 0.25) is 0 Å². The Morgan fingerprint density at radius 3 is 2.71 bits per heavy atom. The Morgan fingerprint density at radius 2 is 2.05 bits per heavy atom. The average Bonchev–Trinajstić information content (AvgIpc) is 2.54. The number of nitrogens with one attached hydrogen (secondary N) is 1. The Hall–Kier alpha value is -2.61. The first-order chi connectivity index (χ1) is 10.2. The minimum Gasteiger partial charge on any atom is -0.373 e. The SMILES string of the molecule is CCCc1nc(NC)cc(N(C)c2ccccc2C#N)n1. The third-order valence-corrected chi connectivity index (χ3v) is 3.22. The number of aryl methyl sites for hydroxylation is 1. The Morgan fingerprint density at radius 1 is 1.29 bits per heavy atom. The summed E-state index contributed by atoms with van der Waals surface area (Å²) in [6.45, 7) is 2.10. The van der Waals surface area contributed by atoms with E-state index in [2.05, 4.69) is 28.3 Å². The summed E-state index contributed by atoms with van der Waals surface area (Å²) in [5, 5.41) is 12.3. The zero-order valence-corrected chi connectivity index (χ0v) is 12.6. The molecule has 0 bridgehead atoms. The van der Waals surface area contributed by atoms with Crippen LogP contribution in [0.4, 0.5) is 17.3 Å². The van der Waals surface area contributed by atoms with E-state index in [1.807, 2.05) is 43.3 Å². The van der Waals surface area contributed by atoms with Crippen LogP contribution in [-0.4, -0.2) is 24.1 Å². The van der Waals surface area contributed by atoms with Crippen LogP contribution in [0.5, 0.6) is 0 Å². The molecule has 1 N–H and O–H groups in total. The van der Waals surface area contributed by atoms with Gasteiger partial charge in [-0.2, -0.15) is 5.26 Å². The van der Waals surface area contributed by atoms with Crippen molar-refractivity contribution in [3.63, 3.8) is 0 Å². The molecule has 0 fully saturated rings. The number of benzene rings is 1. The van der Waals surface area contributed by atoms with Gasteiger partial charge in [-0.1, -0.05) is 19.1 Å². The number of hydrogen-bond donors (Lipinski definition) is 1. The summed E-state index contributed by atoms with van der Waals surface area (Å²) < 4.78 is 0. The number of nitrogens with zero attached hydrogens (tertiary/aromatic N) is 4. The second-order valence-electron chi connectivity index (χ2n) is 4.72. The van der Waals surface area contributed by atoms with Gasteiger partial charge in [-0.25, -0.2) is 9.97 Å². The average molecular weight is 281 g/mol. The van der Waals surface area contributed by atoms with E-state index in [9.17, 15) is 5.26 Å². The van der Waals surface area contributed by atoms with Crippen molar-refractivity contribution in [2.75, 3.05) is 24.3 Å². The van der Waals surface area contributed by atoms with Crippen molar-refractivity contribution < 1.29 is 0 Å². The summed E-state index contributed by atoms with van der Waals surface area (Å²) >= 11 is 0. The number of rotatable bonds is 5. The molecular formula is C16H19N5. The highest BCUT2D eigenvalue weighted by atomic mass is 15.2. The number of hydrogen-bond acceptors (Lipinski definition) is 5. The molecule has 0 amide bonds. The lowest BCUT2D eigenvalue weighted by molar-refractivity contribution is 0.832. The Bertz CT molecular complexity index is 660. The lowest BCUT2D eigenvalue weighted by Crippen LogP contribution is -2.15. The van der Waals surface area contributed by atoms with Crippen LogP contribution in [-0.2, 0) is 6.42 Å². The number of para-hydroxylation sites is 1. The molecule has 0 saturated heterocycles. The van der Waals surface area contributed by atoms with Crippen LogP contribution in [0.3, 0.4) is 0 Å². The summed E-state index contributed by atoms with van der Waals surface area (Å²) in [6, 6.07) is 11.6. The second kappa shape index (κ2) is 6.71. The van der Waals surface area contributed by atoms with Crippen molar-refractivity contribution in [1.82, 2.24) is 9.97 Å². The van der Waals surface area contributed by atoms with Crippen LogP contribution < -0.4 is 10.2 Å². The van der Waals surface area contributed by atoms with Gasteiger partial charge in [0.2, 0.25) is 0 Å². The first-order valence-corrected chi connectivity index (χ1v) is 6.98. The van der Waals surface area contributed by atoms with Crippen molar-refractivity contribution in [2.24, 2.45) is 0 Å². The highest BCUT2D eigenvalue weighted by Gasteiger charge is 2.12. The van der Waals surface area contributed by atoms with Gasteiger partial charge in [-0.3, -0.25) is 0 Å². The Kier molecular flexibility index (Phi) is 4.72. The molecular weight excluding hydrogens is 262 g/mol. The normalized spacial score (nSPS) is 10.0. The molecule has 2 rings (SSSR count). The fraction of sp³-hybridized carbons (Fsp3) is 0.312. The molecule has 1 heterocycles. The number of nitriles is 1. The molecule has 108 valence electrons. The third kappa shape index (κ3) is 3.29. The predicted octanol–water partition coefficient (Wildman–Crippen LogP) is 3.11. The molecule has 1 aromatic carbocycles. The van der Waals surface area contributed by atoms with Crippen molar-refractivity contribution in [2.45, 2.75) is 19.8 Å². The van der Waals surface area contributed by atoms with Crippen molar-refractivity contribution >= 4 is 17.3 Å². The van der Waals surface area contributed by atoms with E-state index in [-0.39, 0.29) is 0 Å². The van der Waals surface area contributed by atoms with Crippen LogP contribution in [0, 0.1) is 11.3 Å². The van der Waals surface area contributed by atoms with Gasteiger partial charge in [-0.15, -0.1) is 0 Å². The monoisotopic (exact) mass is 281 g/mol. The molecule has 1 aromatic heterocycles. The van der Waals surface area contributed by atoms with Crippen LogP contribution >= 0.6 is 0 Å². The highest BCUT2D eigenvalue weighted by Crippen LogP contribution is 2.26. The summed E-state index contributed by atoms with van der Waals surface area (Å²) in [4.78, 5) is 11.0. The van der Waals surface area contributed by atoms with Gasteiger partial charge >= 0.3 is 0 Å². The first kappa shape index (κ1) is 14.8. The minimum atomic E-state index is 0.627. The van der Waals surface area contributed by atoms with E-state index in [1.54, 1.807) is 6.07 Å². The van der Waals surface area contributed by atoms with Crippen molar-refractivity contribution in [3.8, 4) is 6.07 Å². The van der Waals surface area contributed by atoms with Gasteiger partial charge in [0.05, 0.1) is 11.3 Å². The molecule has 0 atom stereocenters. The Balaban J connectivity index is 2.45. The summed E-state index contributed by atoms with van der Waals surface area (Å²) in [7, 11) is 3.75. The molecule has 0 saturated carbocycles. The maximum Gasteiger partial charge on any atom is 0.138 e. The topological polar surface area (TPSA) is 64.8 Å². The van der Waals surface area contributed by atoms with Crippen LogP contribution in [0.15, 0.2) is 30.3 Å². The smallest absolute Gasteiger partial charge is 0.138 e. The highest BCUT2D eigenvalue weighted by molar-refractivity contribution is 5.67. The maximum absolute atomic E-state index is 9.23. The van der Waals surface area contributed by atoms with Crippen molar-refractivity contribution in [3.05, 3.63) is 41.7 Å². The van der Waals surface area contributed by atoms with E-state index < -0.39 is 0 Å². The van der Waals surface area contributed by atoms with Crippen molar-refractivity contribution in [1.29, 1.82) is 5.26 Å². The molecule has 2 aromatic rings. The standard InChI is InChI=1S/C16H19N5/c1-4-7-14-19-15(18-2)10-16(20-14)21(3)13-9-6-5-8-12(13)11-17/h5-6,8-10H,4,7H2,1-3H3,(H,18,19,20). The van der Waals surface area contributed by atoms with E-state index in [1.165, 1.54) is 0 Å². The second-order valence-corrected chi connectivity index (χ2v) is 4.72. The first-order valence-electron chi connectivity index (χ1n) is 6.98. The van der Waals surface area contributed by atoms with Gasteiger partial charge in [0.1, 0.15) is 23.5 Å².